The summed E-state index contributed by atoms with van der Waals surface area (Å²) in [7, 11) is -3.22. The van der Waals surface area contributed by atoms with Crippen molar-refractivity contribution in [2.45, 2.75) is 25.3 Å². The van der Waals surface area contributed by atoms with Crippen molar-refractivity contribution in [1.82, 2.24) is 10.0 Å². The summed E-state index contributed by atoms with van der Waals surface area (Å²) in [6.45, 7) is 0.521. The third-order valence-electron chi connectivity index (χ3n) is 4.22. The van der Waals surface area contributed by atoms with Crippen LogP contribution in [-0.2, 0) is 10.0 Å². The Hall–Kier alpha value is -1.80. The molecule has 8 heteroatoms. The van der Waals surface area contributed by atoms with Crippen LogP contribution >= 0.6 is 0 Å². The van der Waals surface area contributed by atoms with Gasteiger partial charge in [0, 0.05) is 18.2 Å². The summed E-state index contributed by atoms with van der Waals surface area (Å²) in [6, 6.07) is 5.05. The highest BCUT2D eigenvalue weighted by atomic mass is 32.2. The molecule has 23 heavy (non-hydrogen) atoms. The van der Waals surface area contributed by atoms with Gasteiger partial charge in [-0.25, -0.2) is 13.1 Å². The molecule has 1 aliphatic heterocycles. The van der Waals surface area contributed by atoms with E-state index in [9.17, 15) is 13.2 Å². The zero-order valence-corrected chi connectivity index (χ0v) is 13.7. The maximum absolute atomic E-state index is 12.4. The van der Waals surface area contributed by atoms with Crippen molar-refractivity contribution in [3.8, 4) is 11.5 Å². The predicted octanol–water partition coefficient (Wildman–Crippen LogP) is 0.863. The van der Waals surface area contributed by atoms with Gasteiger partial charge < -0.3 is 14.8 Å². The van der Waals surface area contributed by atoms with Crippen LogP contribution in [0.5, 0.6) is 11.5 Å². The molecule has 2 unspecified atom stereocenters. The Morgan fingerprint density at radius 2 is 2.04 bits per heavy atom. The number of fused-ring (bicyclic) bond motifs is 1. The van der Waals surface area contributed by atoms with Crippen molar-refractivity contribution in [2.24, 2.45) is 5.92 Å². The Kier molecular flexibility index (Phi) is 4.45. The first-order valence-electron chi connectivity index (χ1n) is 7.57. The molecule has 0 bridgehead atoms. The number of hydrogen-bond acceptors (Lipinski definition) is 5. The normalized spacial score (nSPS) is 23.0. The molecule has 1 amide bonds. The number of amides is 1. The molecule has 7 nitrogen and oxygen atoms in total. The fourth-order valence-corrected chi connectivity index (χ4v) is 3.54. The van der Waals surface area contributed by atoms with E-state index in [1.807, 2.05) is 0 Å². The van der Waals surface area contributed by atoms with Crippen LogP contribution in [0.15, 0.2) is 18.2 Å². The van der Waals surface area contributed by atoms with Crippen LogP contribution in [0.2, 0.25) is 0 Å². The van der Waals surface area contributed by atoms with Crippen LogP contribution in [0, 0.1) is 5.92 Å². The Morgan fingerprint density at radius 1 is 1.26 bits per heavy atom. The lowest BCUT2D eigenvalue weighted by molar-refractivity contribution is 0.0928. The molecule has 1 aromatic rings. The van der Waals surface area contributed by atoms with E-state index in [2.05, 4.69) is 10.0 Å². The Balaban J connectivity index is 1.62. The molecule has 3 rings (SSSR count). The lowest BCUT2D eigenvalue weighted by atomic mass is 10.0. The molecule has 1 aromatic carbocycles. The molecule has 2 atom stereocenters. The number of rotatable bonds is 5. The summed E-state index contributed by atoms with van der Waals surface area (Å²) in [6.07, 6.45) is 3.87. The Labute approximate surface area is 135 Å². The first-order chi connectivity index (χ1) is 10.9. The lowest BCUT2D eigenvalue weighted by Gasteiger charge is -2.21. The van der Waals surface area contributed by atoms with E-state index in [4.69, 9.17) is 9.47 Å². The van der Waals surface area contributed by atoms with Crippen LogP contribution < -0.4 is 19.5 Å². The minimum absolute atomic E-state index is 0.0258. The molecule has 126 valence electrons. The molecule has 1 fully saturated rings. The minimum atomic E-state index is -3.22. The van der Waals surface area contributed by atoms with Crippen molar-refractivity contribution < 1.29 is 22.7 Å². The molecule has 0 radical (unpaired) electrons. The van der Waals surface area contributed by atoms with E-state index in [0.29, 0.717) is 23.6 Å². The second-order valence-corrected chi connectivity index (χ2v) is 7.79. The maximum atomic E-state index is 12.4. The zero-order valence-electron chi connectivity index (χ0n) is 12.9. The molecule has 1 aliphatic carbocycles. The van der Waals surface area contributed by atoms with Crippen LogP contribution in [0.1, 0.15) is 29.6 Å². The first-order valence-corrected chi connectivity index (χ1v) is 9.47. The van der Waals surface area contributed by atoms with E-state index in [-0.39, 0.29) is 24.7 Å². The molecule has 0 spiro atoms. The zero-order chi connectivity index (χ0) is 16.4. The van der Waals surface area contributed by atoms with Gasteiger partial charge in [0.15, 0.2) is 11.5 Å². The van der Waals surface area contributed by atoms with Crippen LogP contribution in [0.4, 0.5) is 0 Å². The second-order valence-electron chi connectivity index (χ2n) is 5.96. The SMILES string of the molecule is CS(=O)(=O)NCC1CCCC1NC(=O)c1ccc2c(c1)OCO2. The number of carbonyl (C=O) groups excluding carboxylic acids is 1. The number of ether oxygens (including phenoxy) is 2. The minimum Gasteiger partial charge on any atom is -0.454 e. The van der Waals surface area contributed by atoms with E-state index in [1.54, 1.807) is 18.2 Å². The van der Waals surface area contributed by atoms with Crippen molar-refractivity contribution in [1.29, 1.82) is 0 Å². The van der Waals surface area contributed by atoms with E-state index < -0.39 is 10.0 Å². The maximum Gasteiger partial charge on any atom is 0.251 e. The first kappa shape index (κ1) is 16.1. The molecule has 1 heterocycles. The topological polar surface area (TPSA) is 93.7 Å². The van der Waals surface area contributed by atoms with Crippen molar-refractivity contribution in [3.05, 3.63) is 23.8 Å². The molecule has 1 saturated carbocycles. The van der Waals surface area contributed by atoms with Gasteiger partial charge in [-0.05, 0) is 37.0 Å². The van der Waals surface area contributed by atoms with E-state index in [0.717, 1.165) is 25.5 Å². The third kappa shape index (κ3) is 3.94. The van der Waals surface area contributed by atoms with Crippen molar-refractivity contribution >= 4 is 15.9 Å². The van der Waals surface area contributed by atoms with Gasteiger partial charge in [-0.15, -0.1) is 0 Å². The number of carbonyl (C=O) groups is 1. The fourth-order valence-electron chi connectivity index (χ4n) is 3.02. The molecule has 0 aromatic heterocycles. The standard InChI is InChI=1S/C15H20N2O5S/c1-23(19,20)16-8-11-3-2-4-12(11)17-15(18)10-5-6-13-14(7-10)22-9-21-13/h5-7,11-12,16H,2-4,8-9H2,1H3,(H,17,18). The van der Waals surface area contributed by atoms with Gasteiger partial charge >= 0.3 is 0 Å². The summed E-state index contributed by atoms with van der Waals surface area (Å²) in [5.74, 6) is 1.14. The lowest BCUT2D eigenvalue weighted by Crippen LogP contribution is -2.41. The molecular weight excluding hydrogens is 320 g/mol. The Bertz CT molecular complexity index is 704. The van der Waals surface area contributed by atoms with Crippen LogP contribution in [0.3, 0.4) is 0 Å². The molecule has 0 saturated heterocycles. The Morgan fingerprint density at radius 3 is 2.83 bits per heavy atom. The van der Waals surface area contributed by atoms with Crippen molar-refractivity contribution in [3.63, 3.8) is 0 Å². The van der Waals surface area contributed by atoms with Gasteiger partial charge in [-0.3, -0.25) is 4.79 Å². The number of sulfonamides is 1. The highest BCUT2D eigenvalue weighted by Crippen LogP contribution is 2.32. The number of hydrogen-bond donors (Lipinski definition) is 2. The largest absolute Gasteiger partial charge is 0.454 e. The van der Waals surface area contributed by atoms with Gasteiger partial charge in [-0.2, -0.15) is 0 Å². The van der Waals surface area contributed by atoms with Gasteiger partial charge in [0.05, 0.1) is 6.26 Å². The van der Waals surface area contributed by atoms with Gasteiger partial charge in [0.2, 0.25) is 16.8 Å². The predicted molar refractivity (Wildman–Crippen MR) is 84.0 cm³/mol. The average Bonchev–Trinajstić information content (AvgIpc) is 3.12. The van der Waals surface area contributed by atoms with E-state index in [1.165, 1.54) is 0 Å². The second kappa shape index (κ2) is 6.37. The highest BCUT2D eigenvalue weighted by Gasteiger charge is 2.29. The third-order valence-corrected chi connectivity index (χ3v) is 4.91. The van der Waals surface area contributed by atoms with Gasteiger partial charge in [0.25, 0.3) is 5.91 Å². The smallest absolute Gasteiger partial charge is 0.251 e. The monoisotopic (exact) mass is 340 g/mol. The molecular formula is C15H20N2O5S. The summed E-state index contributed by atoms with van der Waals surface area (Å²) < 4.78 is 35.5. The average molecular weight is 340 g/mol. The number of benzene rings is 1. The quantitative estimate of drug-likeness (QED) is 0.829. The summed E-state index contributed by atoms with van der Waals surface area (Å²) in [5, 5.41) is 3.00. The van der Waals surface area contributed by atoms with E-state index >= 15 is 0 Å². The summed E-state index contributed by atoms with van der Waals surface area (Å²) in [4.78, 5) is 12.4. The van der Waals surface area contributed by atoms with Gasteiger partial charge in [0.1, 0.15) is 0 Å². The molecule has 2 aliphatic rings. The summed E-state index contributed by atoms with van der Waals surface area (Å²) in [5.41, 5.74) is 0.510. The van der Waals surface area contributed by atoms with Gasteiger partial charge in [-0.1, -0.05) is 6.42 Å². The van der Waals surface area contributed by atoms with Crippen LogP contribution in [0.25, 0.3) is 0 Å². The number of nitrogens with one attached hydrogen (secondary N) is 2. The van der Waals surface area contributed by atoms with Crippen LogP contribution in [-0.4, -0.2) is 40.0 Å². The summed E-state index contributed by atoms with van der Waals surface area (Å²) >= 11 is 0. The van der Waals surface area contributed by atoms with Crippen molar-refractivity contribution in [2.75, 3.05) is 19.6 Å². The fraction of sp³-hybridized carbons (Fsp3) is 0.533. The highest BCUT2D eigenvalue weighted by molar-refractivity contribution is 7.88. The molecule has 2 N–H and O–H groups in total.